The van der Waals surface area contributed by atoms with Gasteiger partial charge in [0.1, 0.15) is 48.3 Å². The number of phosphoric ester groups is 2. The molecule has 11 N–H and O–H groups in total. The van der Waals surface area contributed by atoms with E-state index < -0.39 is 93.2 Å². The van der Waals surface area contributed by atoms with Crippen molar-refractivity contribution in [3.63, 3.8) is 0 Å². The molecule has 2 aliphatic heterocycles. The maximum atomic E-state index is 12.4. The highest BCUT2D eigenvalue weighted by atomic mass is 31.3. The van der Waals surface area contributed by atoms with Crippen LogP contribution in [0.5, 0.6) is 0 Å². The number of nitrogens with two attached hydrogens (primary N) is 2. The number of imidazole rings is 1. The van der Waals surface area contributed by atoms with Crippen LogP contribution in [0.15, 0.2) is 29.7 Å². The molecule has 0 radical (unpaired) electrons. The molecule has 2 saturated heterocycles. The highest BCUT2D eigenvalue weighted by Gasteiger charge is 2.49. The summed E-state index contributed by atoms with van der Waals surface area (Å²) in [4.78, 5) is 66.6. The number of fused-ring (bicyclic) bond motifs is 1. The second kappa shape index (κ2) is 14.4. The molecule has 0 amide bonds. The molecule has 4 unspecified atom stereocenters. The molecule has 0 aromatic carbocycles. The van der Waals surface area contributed by atoms with Gasteiger partial charge in [-0.05, 0) is 6.07 Å². The summed E-state index contributed by atoms with van der Waals surface area (Å²) in [5.74, 6) is -0.105. The Labute approximate surface area is 277 Å². The quantitative estimate of drug-likeness (QED) is 0.0796. The highest BCUT2D eigenvalue weighted by Crippen LogP contribution is 2.71. The number of nitrogens with zero attached hydrogens (tertiary/aromatic N) is 6. The van der Waals surface area contributed by atoms with Crippen LogP contribution in [-0.2, 0) is 49.7 Å². The molecule has 11 atom stereocenters. The molecule has 27 nitrogen and oxygen atoms in total. The predicted octanol–water partition coefficient (Wildman–Crippen LogP) is -2.00. The maximum absolute atomic E-state index is 12.4. The van der Waals surface area contributed by atoms with Gasteiger partial charge in [0.2, 0.25) is 0 Å². The number of phosphoric acid groups is 4. The van der Waals surface area contributed by atoms with Crippen molar-refractivity contribution in [1.82, 2.24) is 29.1 Å². The molecular formula is C19H28N8O19P4. The number of aliphatic hydroxyl groups is 3. The third-order valence-corrected chi connectivity index (χ3v) is 12.7. The van der Waals surface area contributed by atoms with Crippen molar-refractivity contribution in [2.75, 3.05) is 24.7 Å². The molecule has 5 rings (SSSR count). The van der Waals surface area contributed by atoms with Crippen LogP contribution in [0.25, 0.3) is 11.2 Å². The molecule has 31 heteroatoms. The van der Waals surface area contributed by atoms with Gasteiger partial charge in [-0.15, -0.1) is 0 Å². The molecule has 50 heavy (non-hydrogen) atoms. The van der Waals surface area contributed by atoms with Crippen LogP contribution < -0.4 is 17.2 Å². The van der Waals surface area contributed by atoms with Crippen LogP contribution in [0, 0.1) is 0 Å². The van der Waals surface area contributed by atoms with Gasteiger partial charge in [0.15, 0.2) is 17.7 Å². The van der Waals surface area contributed by atoms with E-state index >= 15 is 0 Å². The molecule has 2 aliphatic rings. The summed E-state index contributed by atoms with van der Waals surface area (Å²) in [6.45, 7) is -2.10. The summed E-state index contributed by atoms with van der Waals surface area (Å²) < 4.78 is 82.7. The first-order valence-corrected chi connectivity index (χ1v) is 19.5. The first-order chi connectivity index (χ1) is 23.2. The van der Waals surface area contributed by atoms with Gasteiger partial charge in [0.25, 0.3) is 0 Å². The standard InChI is InChI=1S/C19H28N8O19P4/c20-11-1-2-26(19(31)25-11)12-3-8(28)9(42-12)4-40-47(32,33)44-49(36,37)46-50(38,39)45-48(34,35)41-5-10-14(29)15(30)18(43-10)27-7-24-13-16(21)22-6-23-17(13)27/h1-2,6-10,12,14-15,18,28-30H,3-5H2,(H,32,33)(H,34,35)(H,36,37)(H,38,39)(H2,20,25,31)(H2,21,22,23)/t8-,9+,10+,12+,14+,15+,18+/m0/s1. The molecule has 0 bridgehead atoms. The lowest BCUT2D eigenvalue weighted by Crippen LogP contribution is -2.33. The molecule has 278 valence electrons. The van der Waals surface area contributed by atoms with Crippen LogP contribution in [0.2, 0.25) is 0 Å². The minimum Gasteiger partial charge on any atom is -0.390 e. The Morgan fingerprint density at radius 1 is 0.820 bits per heavy atom. The summed E-state index contributed by atoms with van der Waals surface area (Å²) in [7, 11) is -23.7. The molecule has 5 heterocycles. The number of aromatic nitrogens is 6. The fourth-order valence-electron chi connectivity index (χ4n) is 4.64. The van der Waals surface area contributed by atoms with E-state index in [2.05, 4.69) is 41.9 Å². The average molecular weight is 796 g/mol. The second-order valence-electron chi connectivity index (χ2n) is 10.3. The monoisotopic (exact) mass is 796 g/mol. The minimum absolute atomic E-state index is 0.0107. The first-order valence-electron chi connectivity index (χ1n) is 13.5. The van der Waals surface area contributed by atoms with Crippen molar-refractivity contribution in [2.24, 2.45) is 0 Å². The van der Waals surface area contributed by atoms with Crippen molar-refractivity contribution in [3.8, 4) is 0 Å². The van der Waals surface area contributed by atoms with Gasteiger partial charge in [-0.25, -0.2) is 38.0 Å². The maximum Gasteiger partial charge on any atom is 0.490 e. The summed E-state index contributed by atoms with van der Waals surface area (Å²) in [6, 6.07) is 1.26. The van der Waals surface area contributed by atoms with Gasteiger partial charge in [0.05, 0.1) is 25.6 Å². The zero-order valence-corrected chi connectivity index (χ0v) is 28.2. The third kappa shape index (κ3) is 9.05. The number of aliphatic hydroxyl groups excluding tert-OH is 3. The zero-order valence-electron chi connectivity index (χ0n) is 24.6. The topological polar surface area (TPSA) is 405 Å². The molecule has 3 aromatic heterocycles. The zero-order chi connectivity index (χ0) is 36.8. The van der Waals surface area contributed by atoms with Crippen LogP contribution >= 0.6 is 31.3 Å². The van der Waals surface area contributed by atoms with Crippen molar-refractivity contribution < 1.29 is 84.6 Å². The summed E-state index contributed by atoms with van der Waals surface area (Å²) in [5, 5.41) is 31.0. The van der Waals surface area contributed by atoms with Gasteiger partial charge in [-0.1, -0.05) is 0 Å². The molecule has 0 spiro atoms. The van der Waals surface area contributed by atoms with Crippen LogP contribution in [0.4, 0.5) is 11.6 Å². The van der Waals surface area contributed by atoms with E-state index in [9.17, 15) is 57.9 Å². The molecule has 0 saturated carbocycles. The van der Waals surface area contributed by atoms with E-state index in [1.54, 1.807) is 0 Å². The number of ether oxygens (including phenoxy) is 2. The van der Waals surface area contributed by atoms with Gasteiger partial charge in [-0.3, -0.25) is 18.2 Å². The smallest absolute Gasteiger partial charge is 0.390 e. The lowest BCUT2D eigenvalue weighted by Gasteiger charge is -2.21. The Bertz CT molecular complexity index is 1980. The summed E-state index contributed by atoms with van der Waals surface area (Å²) >= 11 is 0. The molecular weight excluding hydrogens is 768 g/mol. The van der Waals surface area contributed by atoms with Gasteiger partial charge in [0, 0.05) is 12.6 Å². The van der Waals surface area contributed by atoms with Gasteiger partial charge >= 0.3 is 37.0 Å². The Balaban J connectivity index is 1.12. The van der Waals surface area contributed by atoms with Gasteiger partial charge in [-0.2, -0.15) is 17.9 Å². The summed E-state index contributed by atoms with van der Waals surface area (Å²) in [6.07, 6.45) is -7.22. The fraction of sp³-hybridized carbons (Fsp3) is 0.526. The predicted molar refractivity (Wildman–Crippen MR) is 158 cm³/mol. The lowest BCUT2D eigenvalue weighted by atomic mass is 10.1. The number of hydrogen-bond acceptors (Lipinski definition) is 21. The lowest BCUT2D eigenvalue weighted by molar-refractivity contribution is -0.0503. The largest absolute Gasteiger partial charge is 0.490 e. The molecule has 2 fully saturated rings. The third-order valence-electron chi connectivity index (χ3n) is 6.79. The number of nitrogen functional groups attached to an aromatic ring is 2. The van der Waals surface area contributed by atoms with E-state index in [1.165, 1.54) is 12.3 Å². The Morgan fingerprint density at radius 3 is 2.04 bits per heavy atom. The molecule has 0 aliphatic carbocycles. The Kier molecular flexibility index (Phi) is 11.1. The number of rotatable bonds is 14. The number of anilines is 2. The van der Waals surface area contributed by atoms with Crippen LogP contribution in [-0.4, -0.2) is 108 Å². The normalized spacial score (nSPS) is 30.4. The highest BCUT2D eigenvalue weighted by molar-refractivity contribution is 7.69. The minimum atomic E-state index is -6.16. The van der Waals surface area contributed by atoms with Crippen molar-refractivity contribution in [3.05, 3.63) is 35.4 Å². The van der Waals surface area contributed by atoms with E-state index in [-0.39, 0.29) is 29.2 Å². The fourth-order valence-corrected chi connectivity index (χ4v) is 9.59. The summed E-state index contributed by atoms with van der Waals surface area (Å²) in [5.41, 5.74) is 10.5. The Hall–Kier alpha value is -2.61. The van der Waals surface area contributed by atoms with Crippen LogP contribution in [0.3, 0.4) is 0 Å². The average Bonchev–Trinajstić information content (AvgIpc) is 3.65. The van der Waals surface area contributed by atoms with Crippen molar-refractivity contribution >= 4 is 54.1 Å². The number of hydrogen-bond donors (Lipinski definition) is 9. The van der Waals surface area contributed by atoms with Crippen LogP contribution in [0.1, 0.15) is 18.9 Å². The SMILES string of the molecule is Nc1ccn([C@H]2C[C@H](O)[C@@H](COP(=O)(O)OP(=O)(O)OP(=O)(O)OP(=O)(O)OC[C@H]3O[C@@H](n4cnc5c(N)ncnc54)[C@H](O)[C@@H]3O)O2)c(=O)n1. The Morgan fingerprint density at radius 2 is 1.42 bits per heavy atom. The second-order valence-corrected chi connectivity index (χ2v) is 16.5. The van der Waals surface area contributed by atoms with Crippen molar-refractivity contribution in [1.29, 1.82) is 0 Å². The van der Waals surface area contributed by atoms with E-state index in [0.29, 0.717) is 0 Å². The van der Waals surface area contributed by atoms with Crippen molar-refractivity contribution in [2.45, 2.75) is 49.4 Å². The van der Waals surface area contributed by atoms with E-state index in [4.69, 9.17) is 20.9 Å². The first kappa shape index (κ1) is 38.6. The van der Waals surface area contributed by atoms with Gasteiger partial charge < -0.3 is 55.8 Å². The van der Waals surface area contributed by atoms with E-state index in [0.717, 1.165) is 21.8 Å². The van der Waals surface area contributed by atoms with E-state index in [1.807, 2.05) is 0 Å². The molecule has 3 aromatic rings.